The summed E-state index contributed by atoms with van der Waals surface area (Å²) in [6.07, 6.45) is 1.36. The number of nitrogens with one attached hydrogen (secondary N) is 2. The summed E-state index contributed by atoms with van der Waals surface area (Å²) in [6.45, 7) is 0.0742. The minimum Gasteiger partial charge on any atom is -0.496 e. The van der Waals surface area contributed by atoms with Gasteiger partial charge in [-0.05, 0) is 30.3 Å². The van der Waals surface area contributed by atoms with Crippen LogP contribution in [-0.4, -0.2) is 30.7 Å². The molecular weight excluding hydrogens is 376 g/mol. The van der Waals surface area contributed by atoms with Crippen molar-refractivity contribution in [1.82, 2.24) is 5.43 Å². The largest absolute Gasteiger partial charge is 0.496 e. The molecule has 0 fully saturated rings. The molecule has 0 saturated carbocycles. The van der Waals surface area contributed by atoms with E-state index in [1.54, 1.807) is 18.2 Å². The first kappa shape index (κ1) is 19.6. The molecule has 2 N–H and O–H groups in total. The highest BCUT2D eigenvalue weighted by Crippen LogP contribution is 2.33. The lowest BCUT2D eigenvalue weighted by atomic mass is 10.1. The highest BCUT2D eigenvalue weighted by Gasteiger charge is 2.15. The molecule has 3 rings (SSSR count). The van der Waals surface area contributed by atoms with Crippen molar-refractivity contribution in [2.75, 3.05) is 19.0 Å². The summed E-state index contributed by atoms with van der Waals surface area (Å²) in [6, 6.07) is 16.9. The van der Waals surface area contributed by atoms with Gasteiger partial charge in [-0.25, -0.2) is 5.43 Å². The number of non-ortho nitro benzene ring substituents is 1. The van der Waals surface area contributed by atoms with Gasteiger partial charge in [-0.15, -0.1) is 0 Å². The van der Waals surface area contributed by atoms with Crippen LogP contribution in [0.15, 0.2) is 70.2 Å². The Labute approximate surface area is 166 Å². The van der Waals surface area contributed by atoms with Crippen LogP contribution < -0.4 is 15.5 Å². The van der Waals surface area contributed by atoms with Crippen molar-refractivity contribution in [2.45, 2.75) is 0 Å². The van der Waals surface area contributed by atoms with Gasteiger partial charge < -0.3 is 14.5 Å². The molecule has 9 heteroatoms. The minimum absolute atomic E-state index is 0.0742. The number of hydrogen-bond acceptors (Lipinski definition) is 7. The van der Waals surface area contributed by atoms with Crippen LogP contribution in [0.3, 0.4) is 0 Å². The zero-order chi connectivity index (χ0) is 20.6. The van der Waals surface area contributed by atoms with Crippen LogP contribution in [0, 0.1) is 10.1 Å². The van der Waals surface area contributed by atoms with Crippen molar-refractivity contribution in [3.05, 3.63) is 76.5 Å². The van der Waals surface area contributed by atoms with Crippen LogP contribution in [0.4, 0.5) is 11.4 Å². The third-order valence-electron chi connectivity index (χ3n) is 3.90. The molecule has 0 spiro atoms. The summed E-state index contributed by atoms with van der Waals surface area (Å²) in [5, 5.41) is 17.7. The Morgan fingerprint density at radius 2 is 2.00 bits per heavy atom. The van der Waals surface area contributed by atoms with Gasteiger partial charge in [0.15, 0.2) is 0 Å². The standard InChI is InChI=1S/C20H18N4O5/c1-28-19-11-15(24(26)27)7-9-17(19)18-10-8-16(29-18)12-22-23-20(25)13-21-14-5-3-2-4-6-14/h2-12,21H,13H2,1H3,(H,23,25)/b22-12-. The lowest BCUT2D eigenvalue weighted by molar-refractivity contribution is -0.384. The first-order valence-electron chi connectivity index (χ1n) is 8.60. The smallest absolute Gasteiger partial charge is 0.273 e. The number of rotatable bonds is 8. The number of ether oxygens (including phenoxy) is 1. The van der Waals surface area contributed by atoms with E-state index in [2.05, 4.69) is 15.8 Å². The third kappa shape index (κ3) is 5.19. The molecule has 2 aromatic carbocycles. The maximum atomic E-state index is 11.8. The second-order valence-electron chi connectivity index (χ2n) is 5.86. The fraction of sp³-hybridized carbons (Fsp3) is 0.100. The molecular formula is C20H18N4O5. The second kappa shape index (κ2) is 9.18. The summed E-state index contributed by atoms with van der Waals surface area (Å²) < 4.78 is 10.9. The summed E-state index contributed by atoms with van der Waals surface area (Å²) >= 11 is 0. The van der Waals surface area contributed by atoms with Crippen LogP contribution in [0.2, 0.25) is 0 Å². The number of methoxy groups -OCH3 is 1. The second-order valence-corrected chi connectivity index (χ2v) is 5.86. The average Bonchev–Trinajstić information content (AvgIpc) is 3.21. The molecule has 0 aliphatic heterocycles. The van der Waals surface area contributed by atoms with Crippen LogP contribution >= 0.6 is 0 Å². The molecule has 0 unspecified atom stereocenters. The molecule has 1 amide bonds. The molecule has 29 heavy (non-hydrogen) atoms. The van der Waals surface area contributed by atoms with Gasteiger partial charge in [-0.1, -0.05) is 18.2 Å². The maximum absolute atomic E-state index is 11.8. The topological polar surface area (TPSA) is 119 Å². The number of amides is 1. The Bertz CT molecular complexity index is 1030. The molecule has 1 aromatic heterocycles. The lowest BCUT2D eigenvalue weighted by Gasteiger charge is -2.05. The normalized spacial score (nSPS) is 10.7. The molecule has 3 aromatic rings. The molecule has 0 atom stereocenters. The summed E-state index contributed by atoms with van der Waals surface area (Å²) in [5.74, 6) is 0.859. The Balaban J connectivity index is 1.60. The number of benzene rings is 2. The van der Waals surface area contributed by atoms with E-state index in [1.807, 2.05) is 30.3 Å². The van der Waals surface area contributed by atoms with Crippen molar-refractivity contribution in [3.8, 4) is 17.1 Å². The molecule has 148 valence electrons. The molecule has 0 radical (unpaired) electrons. The van der Waals surface area contributed by atoms with Crippen LogP contribution in [0.25, 0.3) is 11.3 Å². The maximum Gasteiger partial charge on any atom is 0.273 e. The van der Waals surface area contributed by atoms with Crippen LogP contribution in [-0.2, 0) is 4.79 Å². The highest BCUT2D eigenvalue weighted by molar-refractivity contribution is 5.83. The number of nitro benzene ring substituents is 1. The monoisotopic (exact) mass is 394 g/mol. The Hall–Kier alpha value is -4.14. The number of nitro groups is 1. The van der Waals surface area contributed by atoms with Crippen molar-refractivity contribution >= 4 is 23.5 Å². The third-order valence-corrected chi connectivity index (χ3v) is 3.90. The highest BCUT2D eigenvalue weighted by atomic mass is 16.6. The minimum atomic E-state index is -0.498. The van der Waals surface area contributed by atoms with Crippen molar-refractivity contribution in [3.63, 3.8) is 0 Å². The van der Waals surface area contributed by atoms with Gasteiger partial charge in [-0.2, -0.15) is 5.10 Å². The Morgan fingerprint density at radius 3 is 2.72 bits per heavy atom. The first-order valence-corrected chi connectivity index (χ1v) is 8.60. The molecule has 0 aliphatic rings. The van der Waals surface area contributed by atoms with Crippen molar-refractivity contribution < 1.29 is 18.9 Å². The SMILES string of the molecule is COc1cc([N+](=O)[O-])ccc1-c1ccc(/C=N\NC(=O)CNc2ccccc2)o1. The fourth-order valence-electron chi connectivity index (χ4n) is 2.51. The van der Waals surface area contributed by atoms with Gasteiger partial charge in [0.2, 0.25) is 0 Å². The van der Waals surface area contributed by atoms with E-state index in [-0.39, 0.29) is 18.1 Å². The fourth-order valence-corrected chi connectivity index (χ4v) is 2.51. The lowest BCUT2D eigenvalue weighted by Crippen LogP contribution is -2.25. The van der Waals surface area contributed by atoms with E-state index >= 15 is 0 Å². The number of furan rings is 1. The number of hydrazone groups is 1. The van der Waals surface area contributed by atoms with Gasteiger partial charge in [-0.3, -0.25) is 14.9 Å². The summed E-state index contributed by atoms with van der Waals surface area (Å²) in [7, 11) is 1.42. The zero-order valence-corrected chi connectivity index (χ0v) is 15.5. The van der Waals surface area contributed by atoms with E-state index < -0.39 is 4.92 Å². The number of nitrogens with zero attached hydrogens (tertiary/aromatic N) is 2. The van der Waals surface area contributed by atoms with Crippen LogP contribution in [0.1, 0.15) is 5.76 Å². The van der Waals surface area contributed by atoms with E-state index in [0.717, 1.165) is 5.69 Å². The number of anilines is 1. The first-order chi connectivity index (χ1) is 14.1. The van der Waals surface area contributed by atoms with Crippen molar-refractivity contribution in [2.24, 2.45) is 5.10 Å². The average molecular weight is 394 g/mol. The molecule has 0 aliphatic carbocycles. The summed E-state index contributed by atoms with van der Waals surface area (Å²) in [4.78, 5) is 22.2. The van der Waals surface area contributed by atoms with Gasteiger partial charge >= 0.3 is 0 Å². The summed E-state index contributed by atoms with van der Waals surface area (Å²) in [5.41, 5.74) is 3.72. The predicted molar refractivity (Wildman–Crippen MR) is 108 cm³/mol. The molecule has 1 heterocycles. The van der Waals surface area contributed by atoms with Crippen molar-refractivity contribution in [1.29, 1.82) is 0 Å². The van der Waals surface area contributed by atoms with E-state index in [4.69, 9.17) is 9.15 Å². The van der Waals surface area contributed by atoms with E-state index in [0.29, 0.717) is 22.8 Å². The van der Waals surface area contributed by atoms with Gasteiger partial charge in [0.05, 0.1) is 36.4 Å². The predicted octanol–water partition coefficient (Wildman–Crippen LogP) is 3.43. The molecule has 0 bridgehead atoms. The van der Waals surface area contributed by atoms with E-state index in [9.17, 15) is 14.9 Å². The van der Waals surface area contributed by atoms with Gasteiger partial charge in [0.25, 0.3) is 11.6 Å². The van der Waals surface area contributed by atoms with E-state index in [1.165, 1.54) is 25.5 Å². The van der Waals surface area contributed by atoms with Gasteiger partial charge in [0.1, 0.15) is 17.3 Å². The zero-order valence-electron chi connectivity index (χ0n) is 15.5. The number of carbonyl (C=O) groups excluding carboxylic acids is 1. The number of carbonyl (C=O) groups is 1. The van der Waals surface area contributed by atoms with Crippen LogP contribution in [0.5, 0.6) is 5.75 Å². The Kier molecular flexibility index (Phi) is 6.21. The number of hydrogen-bond donors (Lipinski definition) is 2. The Morgan fingerprint density at radius 1 is 1.21 bits per heavy atom. The number of para-hydroxylation sites is 1. The molecule has 0 saturated heterocycles. The quantitative estimate of drug-likeness (QED) is 0.343. The molecule has 9 nitrogen and oxygen atoms in total. The van der Waals surface area contributed by atoms with Gasteiger partial charge in [0, 0.05) is 11.8 Å².